The minimum Gasteiger partial charge on any atom is -0.493 e. The molecule has 1 amide bonds. The van der Waals surface area contributed by atoms with Gasteiger partial charge in [0.05, 0.1) is 29.5 Å². The zero-order chi connectivity index (χ0) is 26.7. The van der Waals surface area contributed by atoms with E-state index in [1.165, 1.54) is 0 Å². The Morgan fingerprint density at radius 1 is 1.33 bits per heavy atom. The Kier molecular flexibility index (Phi) is 11.8. The summed E-state index contributed by atoms with van der Waals surface area (Å²) < 4.78 is 11.1. The maximum atomic E-state index is 13.0. The number of benzene rings is 1. The molecule has 0 bridgehead atoms. The van der Waals surface area contributed by atoms with Gasteiger partial charge in [0.25, 0.3) is 5.91 Å². The van der Waals surface area contributed by atoms with E-state index in [0.717, 1.165) is 55.4 Å². The zero-order valence-corrected chi connectivity index (χ0v) is 22.7. The third-order valence-electron chi connectivity index (χ3n) is 5.98. The first-order valence-corrected chi connectivity index (χ1v) is 12.5. The number of nitrogens with one attached hydrogen (secondary N) is 1. The first-order valence-electron chi connectivity index (χ1n) is 12.1. The number of aryl methyl sites for hydroxylation is 1. The van der Waals surface area contributed by atoms with E-state index in [2.05, 4.69) is 23.4 Å². The number of ether oxygens (including phenoxy) is 2. The average molecular weight is 515 g/mol. The molecule has 36 heavy (non-hydrogen) atoms. The number of hydrogen-bond donors (Lipinski definition) is 2. The Hall–Kier alpha value is -3.00. The summed E-state index contributed by atoms with van der Waals surface area (Å²) in [6.07, 6.45) is 5.90. The molecule has 1 aromatic carbocycles. The number of anilines is 1. The molecule has 0 unspecified atom stereocenters. The van der Waals surface area contributed by atoms with E-state index < -0.39 is 0 Å². The molecule has 0 aliphatic carbocycles. The molecule has 1 fully saturated rings. The van der Waals surface area contributed by atoms with Gasteiger partial charge in [-0.15, -0.1) is 0 Å². The molecule has 1 aliphatic rings. The van der Waals surface area contributed by atoms with E-state index in [4.69, 9.17) is 26.8 Å². The zero-order valence-electron chi connectivity index (χ0n) is 21.9. The Labute approximate surface area is 220 Å². The Bertz CT molecular complexity index is 1040. The maximum absolute atomic E-state index is 13.0. The van der Waals surface area contributed by atoms with Crippen LogP contribution in [0, 0.1) is 6.92 Å². The molecule has 0 atom stereocenters. The van der Waals surface area contributed by atoms with Gasteiger partial charge in [0.1, 0.15) is 18.2 Å². The number of carbonyl (C=O) groups is 1. The highest BCUT2D eigenvalue weighted by Gasteiger charge is 2.17. The number of nitrogens with two attached hydrogens (primary N) is 1. The molecular formula is C28H39ClN4O3. The topological polar surface area (TPSA) is 80.1 Å². The van der Waals surface area contributed by atoms with E-state index >= 15 is 0 Å². The monoisotopic (exact) mass is 514 g/mol. The molecule has 1 aliphatic heterocycles. The van der Waals surface area contributed by atoms with Crippen LogP contribution in [0.1, 0.15) is 25.8 Å². The van der Waals surface area contributed by atoms with Crippen LogP contribution in [-0.2, 0) is 14.3 Å². The quantitative estimate of drug-likeness (QED) is 0.240. The lowest BCUT2D eigenvalue weighted by Crippen LogP contribution is -2.38. The fraction of sp³-hybridized carbons (Fsp3) is 0.393. The van der Waals surface area contributed by atoms with Gasteiger partial charge in [0.15, 0.2) is 0 Å². The summed E-state index contributed by atoms with van der Waals surface area (Å²) in [6, 6.07) is 5.66. The number of hydrogen-bond acceptors (Lipinski definition) is 6. The van der Waals surface area contributed by atoms with E-state index in [1.807, 2.05) is 38.1 Å². The molecule has 0 spiro atoms. The molecule has 196 valence electrons. The summed E-state index contributed by atoms with van der Waals surface area (Å²) >= 11 is 6.35. The van der Waals surface area contributed by atoms with Crippen LogP contribution < -0.4 is 16.0 Å². The Morgan fingerprint density at radius 3 is 2.67 bits per heavy atom. The number of morpholine rings is 1. The van der Waals surface area contributed by atoms with Crippen molar-refractivity contribution < 1.29 is 14.3 Å². The van der Waals surface area contributed by atoms with Crippen molar-refractivity contribution in [3.05, 3.63) is 88.6 Å². The van der Waals surface area contributed by atoms with E-state index in [-0.39, 0.29) is 5.91 Å². The molecule has 1 aromatic rings. The number of rotatable bonds is 12. The molecule has 7 nitrogen and oxygen atoms in total. The Balaban J connectivity index is 2.06. The van der Waals surface area contributed by atoms with E-state index in [0.29, 0.717) is 35.2 Å². The first-order chi connectivity index (χ1) is 17.2. The largest absolute Gasteiger partial charge is 0.493 e. The lowest BCUT2D eigenvalue weighted by molar-refractivity contribution is -0.116. The highest BCUT2D eigenvalue weighted by Crippen LogP contribution is 2.28. The van der Waals surface area contributed by atoms with Crippen molar-refractivity contribution >= 4 is 23.2 Å². The summed E-state index contributed by atoms with van der Waals surface area (Å²) in [7, 11) is 1.78. The smallest absolute Gasteiger partial charge is 0.254 e. The number of nitrogens with zero attached hydrogens (tertiary/aromatic N) is 2. The third kappa shape index (κ3) is 8.59. The predicted molar refractivity (Wildman–Crippen MR) is 149 cm³/mol. The van der Waals surface area contributed by atoms with Gasteiger partial charge in [-0.1, -0.05) is 43.8 Å². The van der Waals surface area contributed by atoms with Crippen molar-refractivity contribution in [2.45, 2.75) is 27.2 Å². The maximum Gasteiger partial charge on any atom is 0.254 e. The van der Waals surface area contributed by atoms with Gasteiger partial charge in [-0.05, 0) is 55.7 Å². The van der Waals surface area contributed by atoms with Crippen molar-refractivity contribution in [1.82, 2.24) is 10.2 Å². The lowest BCUT2D eigenvalue weighted by atomic mass is 10.1. The summed E-state index contributed by atoms with van der Waals surface area (Å²) in [4.78, 5) is 17.0. The average Bonchev–Trinajstić information content (AvgIpc) is 2.88. The minimum atomic E-state index is -0.298. The van der Waals surface area contributed by atoms with Crippen LogP contribution in [0.5, 0.6) is 0 Å². The summed E-state index contributed by atoms with van der Waals surface area (Å²) in [6.45, 7) is 18.2. The number of carbonyl (C=O) groups excluding carboxylic acids is 1. The second kappa shape index (κ2) is 14.5. The van der Waals surface area contributed by atoms with E-state index in [9.17, 15) is 4.79 Å². The molecule has 1 saturated heterocycles. The van der Waals surface area contributed by atoms with Crippen molar-refractivity contribution in [2.75, 3.05) is 51.4 Å². The van der Waals surface area contributed by atoms with Crippen molar-refractivity contribution in [3.63, 3.8) is 0 Å². The molecule has 8 heteroatoms. The second-order valence-corrected chi connectivity index (χ2v) is 8.98. The van der Waals surface area contributed by atoms with Crippen molar-refractivity contribution in [1.29, 1.82) is 0 Å². The highest BCUT2D eigenvalue weighted by atomic mass is 35.5. The van der Waals surface area contributed by atoms with Crippen molar-refractivity contribution in [3.8, 4) is 0 Å². The van der Waals surface area contributed by atoms with Crippen LogP contribution in [0.2, 0.25) is 5.02 Å². The number of halogens is 1. The third-order valence-corrected chi connectivity index (χ3v) is 6.30. The lowest BCUT2D eigenvalue weighted by Gasteiger charge is -2.26. The van der Waals surface area contributed by atoms with Gasteiger partial charge in [0, 0.05) is 32.4 Å². The summed E-state index contributed by atoms with van der Waals surface area (Å²) in [5.41, 5.74) is 9.97. The fourth-order valence-electron chi connectivity index (χ4n) is 3.63. The molecular weight excluding hydrogens is 476 g/mol. The van der Waals surface area contributed by atoms with Crippen LogP contribution in [0.3, 0.4) is 0 Å². The first kappa shape index (κ1) is 29.2. The standard InChI is InChI=1S/C28H39ClN4O3/c1-7-23(11-10-21(4)36-18-15-33-13-16-35-17-14-33)25(8-2)31-28(34)22(5)27(30)32(6)26-19-20(3)9-12-24(26)29/h7,9-12,19H,1,4,8,13-18,30H2,2-3,5-6H3,(H,31,34)/b11-10-,25-23+,27-22+. The SMILES string of the molecule is C=CC(/C=C\C(=C)OCCN1CCOCC1)=C(/CC)NC(=O)/C(C)=C(\N)N(C)c1cc(C)ccc1Cl. The van der Waals surface area contributed by atoms with Gasteiger partial charge in [-0.3, -0.25) is 9.69 Å². The fourth-order valence-corrected chi connectivity index (χ4v) is 3.87. The van der Waals surface area contributed by atoms with Crippen LogP contribution in [0.25, 0.3) is 0 Å². The van der Waals surface area contributed by atoms with Gasteiger partial charge in [0.2, 0.25) is 0 Å². The molecule has 0 saturated carbocycles. The molecule has 2 rings (SSSR count). The Morgan fingerprint density at radius 2 is 2.03 bits per heavy atom. The van der Waals surface area contributed by atoms with Crippen LogP contribution in [0.15, 0.2) is 78.0 Å². The normalized spacial score (nSPS) is 15.7. The van der Waals surface area contributed by atoms with Gasteiger partial charge >= 0.3 is 0 Å². The van der Waals surface area contributed by atoms with Crippen LogP contribution in [0.4, 0.5) is 5.69 Å². The van der Waals surface area contributed by atoms with Crippen LogP contribution in [-0.4, -0.2) is 57.3 Å². The van der Waals surface area contributed by atoms with Crippen molar-refractivity contribution in [2.24, 2.45) is 5.73 Å². The molecule has 0 radical (unpaired) electrons. The van der Waals surface area contributed by atoms with Crippen LogP contribution >= 0.6 is 11.6 Å². The molecule has 1 heterocycles. The summed E-state index contributed by atoms with van der Waals surface area (Å²) in [5.74, 6) is 0.558. The van der Waals surface area contributed by atoms with Gasteiger partial charge < -0.3 is 25.4 Å². The molecule has 3 N–H and O–H groups in total. The van der Waals surface area contributed by atoms with Gasteiger partial charge in [-0.25, -0.2) is 0 Å². The highest BCUT2D eigenvalue weighted by molar-refractivity contribution is 6.33. The minimum absolute atomic E-state index is 0.298. The number of allylic oxidation sites excluding steroid dienone is 5. The second-order valence-electron chi connectivity index (χ2n) is 8.57. The molecule has 0 aromatic heterocycles. The predicted octanol–water partition coefficient (Wildman–Crippen LogP) is 4.66. The number of amides is 1. The van der Waals surface area contributed by atoms with Gasteiger partial charge in [-0.2, -0.15) is 0 Å². The van der Waals surface area contributed by atoms with E-state index in [1.54, 1.807) is 31.0 Å². The summed E-state index contributed by atoms with van der Waals surface area (Å²) in [5, 5.41) is 3.53.